The van der Waals surface area contributed by atoms with E-state index in [0.29, 0.717) is 24.4 Å². The average molecular weight is 507 g/mol. The molecule has 1 aliphatic rings. The van der Waals surface area contributed by atoms with Crippen LogP contribution in [0.5, 0.6) is 0 Å². The fraction of sp³-hybridized carbons (Fsp3) is 0.368. The van der Waals surface area contributed by atoms with Crippen LogP contribution in [0.25, 0.3) is 0 Å². The Balaban J connectivity index is 1.96. The summed E-state index contributed by atoms with van der Waals surface area (Å²) in [5.41, 5.74) is -5.17. The van der Waals surface area contributed by atoms with Gasteiger partial charge >= 0.3 is 24.6 Å². The molecule has 2 atom stereocenters. The summed E-state index contributed by atoms with van der Waals surface area (Å²) in [6, 6.07) is 0.261. The maximum Gasteiger partial charge on any atom is 0.417 e. The predicted molar refractivity (Wildman–Crippen MR) is 94.9 cm³/mol. The van der Waals surface area contributed by atoms with Crippen LogP contribution in [0, 0.1) is 0 Å². The molecule has 33 heavy (non-hydrogen) atoms. The molecule has 4 nitrogen and oxygen atoms in total. The molecule has 3 rings (SSSR count). The van der Waals surface area contributed by atoms with Gasteiger partial charge in [-0.15, -0.1) is 0 Å². The maximum absolute atomic E-state index is 13.1. The first kappa shape index (κ1) is 24.9. The minimum absolute atomic E-state index is 0.0726. The van der Waals surface area contributed by atoms with Gasteiger partial charge in [0.15, 0.2) is 0 Å². The molecule has 1 amide bonds. The summed E-state index contributed by atoms with van der Waals surface area (Å²) in [4.78, 5) is 16.5. The Hall–Kier alpha value is -2.70. The molecule has 1 fully saturated rings. The highest BCUT2D eigenvalue weighted by Gasteiger charge is 2.43. The summed E-state index contributed by atoms with van der Waals surface area (Å²) >= 11 is 5.81. The zero-order chi connectivity index (χ0) is 24.9. The van der Waals surface area contributed by atoms with Crippen molar-refractivity contribution < 1.29 is 49.0 Å². The molecule has 1 aliphatic heterocycles. The van der Waals surface area contributed by atoms with E-state index in [1.165, 1.54) is 6.92 Å². The molecule has 180 valence electrons. The van der Waals surface area contributed by atoms with Crippen LogP contribution in [0.4, 0.5) is 44.3 Å². The van der Waals surface area contributed by atoms with E-state index in [0.717, 1.165) is 4.90 Å². The second kappa shape index (κ2) is 8.26. The quantitative estimate of drug-likeness (QED) is 0.337. The van der Waals surface area contributed by atoms with Crippen molar-refractivity contribution in [2.24, 2.45) is 0 Å². The number of hydrogen-bond acceptors (Lipinski definition) is 3. The Morgan fingerprint density at radius 3 is 1.91 bits per heavy atom. The van der Waals surface area contributed by atoms with Gasteiger partial charge < -0.3 is 4.74 Å². The number of alkyl halides is 9. The first-order valence-corrected chi connectivity index (χ1v) is 9.34. The zero-order valence-electron chi connectivity index (χ0n) is 16.2. The molecule has 1 aromatic heterocycles. The highest BCUT2D eigenvalue weighted by molar-refractivity contribution is 6.30. The monoisotopic (exact) mass is 506 g/mol. The Morgan fingerprint density at radius 2 is 1.42 bits per heavy atom. The van der Waals surface area contributed by atoms with E-state index in [9.17, 15) is 44.3 Å². The molecule has 2 heterocycles. The fourth-order valence-corrected chi connectivity index (χ4v) is 3.41. The van der Waals surface area contributed by atoms with E-state index < -0.39 is 65.6 Å². The van der Waals surface area contributed by atoms with E-state index in [1.54, 1.807) is 0 Å². The lowest BCUT2D eigenvalue weighted by atomic mass is 9.97. The van der Waals surface area contributed by atoms with Gasteiger partial charge in [-0.2, -0.15) is 39.5 Å². The molecule has 0 unspecified atom stereocenters. The number of amides is 1. The van der Waals surface area contributed by atoms with Crippen molar-refractivity contribution in [3.05, 3.63) is 63.4 Å². The number of nitrogens with zero attached hydrogens (tertiary/aromatic N) is 2. The molecule has 0 N–H and O–H groups in total. The second-order valence-corrected chi connectivity index (χ2v) is 7.54. The SMILES string of the molecule is C[C@H]1[C@@H](c2cc(C(F)(F)F)cc(C(F)(F)F)c2)OC(=O)N1Cc1cc(C(F)(F)F)cnc1Cl. The number of carbonyl (C=O) groups is 1. The van der Waals surface area contributed by atoms with Gasteiger partial charge in [-0.05, 0) is 36.8 Å². The molecule has 0 spiro atoms. The summed E-state index contributed by atoms with van der Waals surface area (Å²) in [5, 5.41) is -0.370. The van der Waals surface area contributed by atoms with Crippen molar-refractivity contribution in [1.82, 2.24) is 9.88 Å². The Kier molecular flexibility index (Phi) is 6.24. The van der Waals surface area contributed by atoms with Crippen molar-refractivity contribution in [2.45, 2.75) is 44.1 Å². The van der Waals surface area contributed by atoms with Crippen LogP contribution in [0.15, 0.2) is 30.5 Å². The summed E-state index contributed by atoms with van der Waals surface area (Å²) in [6.45, 7) is 0.690. The van der Waals surface area contributed by atoms with Crippen molar-refractivity contribution in [1.29, 1.82) is 0 Å². The Morgan fingerprint density at radius 1 is 0.909 bits per heavy atom. The minimum atomic E-state index is -5.11. The number of rotatable bonds is 3. The minimum Gasteiger partial charge on any atom is -0.439 e. The number of pyridine rings is 1. The third kappa shape index (κ3) is 5.28. The third-order valence-corrected chi connectivity index (χ3v) is 5.25. The van der Waals surface area contributed by atoms with Gasteiger partial charge in [-0.3, -0.25) is 4.90 Å². The first-order chi connectivity index (χ1) is 15.0. The summed E-state index contributed by atoms with van der Waals surface area (Å²) in [7, 11) is 0. The van der Waals surface area contributed by atoms with Crippen molar-refractivity contribution in [3.63, 3.8) is 0 Å². The van der Waals surface area contributed by atoms with Gasteiger partial charge in [-0.25, -0.2) is 9.78 Å². The van der Waals surface area contributed by atoms with E-state index in [2.05, 4.69) is 4.98 Å². The third-order valence-electron chi connectivity index (χ3n) is 4.91. The number of cyclic esters (lactones) is 1. The lowest BCUT2D eigenvalue weighted by molar-refractivity contribution is -0.143. The number of carbonyl (C=O) groups excluding carboxylic acids is 1. The normalized spacial score (nSPS) is 19.7. The van der Waals surface area contributed by atoms with E-state index in [4.69, 9.17) is 16.3 Å². The molecule has 0 bridgehead atoms. The molecule has 0 aliphatic carbocycles. The molecule has 1 aromatic carbocycles. The molecular weight excluding hydrogens is 495 g/mol. The van der Waals surface area contributed by atoms with Gasteiger partial charge in [0.2, 0.25) is 0 Å². The summed E-state index contributed by atoms with van der Waals surface area (Å²) < 4.78 is 123. The predicted octanol–water partition coefficient (Wildman–Crippen LogP) is 6.87. The standard InChI is InChI=1S/C19H12ClF9N2O2/c1-8-14(9-2-11(17(21,22)23)5-12(3-9)18(24,25)26)33-16(32)31(8)7-10-4-13(19(27,28)29)6-30-15(10)20/h2-6,8,14H,7H2,1H3/t8-,14-/m0/s1. The number of hydrogen-bond donors (Lipinski definition) is 0. The smallest absolute Gasteiger partial charge is 0.417 e. The average Bonchev–Trinajstić information content (AvgIpc) is 2.95. The van der Waals surface area contributed by atoms with Crippen LogP contribution in [0.2, 0.25) is 5.15 Å². The molecule has 14 heteroatoms. The highest BCUT2D eigenvalue weighted by Crippen LogP contribution is 2.41. The number of benzene rings is 1. The van der Waals surface area contributed by atoms with E-state index in [-0.39, 0.29) is 16.8 Å². The fourth-order valence-electron chi connectivity index (χ4n) is 3.25. The van der Waals surface area contributed by atoms with E-state index in [1.807, 2.05) is 0 Å². The van der Waals surface area contributed by atoms with Gasteiger partial charge in [-0.1, -0.05) is 11.6 Å². The number of ether oxygens (including phenoxy) is 1. The topological polar surface area (TPSA) is 42.4 Å². The van der Waals surface area contributed by atoms with Crippen LogP contribution in [-0.2, 0) is 29.8 Å². The Labute approximate surface area is 184 Å². The molecule has 1 saturated heterocycles. The molecule has 2 aromatic rings. The number of halogens is 10. The molecule has 0 saturated carbocycles. The maximum atomic E-state index is 13.1. The summed E-state index contributed by atoms with van der Waals surface area (Å²) in [5.74, 6) is 0. The van der Waals surface area contributed by atoms with Crippen molar-refractivity contribution in [2.75, 3.05) is 0 Å². The van der Waals surface area contributed by atoms with Crippen LogP contribution in [0.3, 0.4) is 0 Å². The van der Waals surface area contributed by atoms with Crippen molar-refractivity contribution >= 4 is 17.7 Å². The van der Waals surface area contributed by atoms with Crippen molar-refractivity contribution in [3.8, 4) is 0 Å². The lowest BCUT2D eigenvalue weighted by Crippen LogP contribution is -2.31. The van der Waals surface area contributed by atoms with Gasteiger partial charge in [0.1, 0.15) is 11.3 Å². The van der Waals surface area contributed by atoms with Crippen LogP contribution < -0.4 is 0 Å². The number of aromatic nitrogens is 1. The Bertz CT molecular complexity index is 1030. The van der Waals surface area contributed by atoms with E-state index >= 15 is 0 Å². The highest BCUT2D eigenvalue weighted by atomic mass is 35.5. The van der Waals surface area contributed by atoms with Crippen LogP contribution in [-0.4, -0.2) is 22.0 Å². The largest absolute Gasteiger partial charge is 0.439 e. The molecular formula is C19H12ClF9N2O2. The first-order valence-electron chi connectivity index (χ1n) is 8.96. The van der Waals surface area contributed by atoms with Gasteiger partial charge in [0.25, 0.3) is 0 Å². The second-order valence-electron chi connectivity index (χ2n) is 7.18. The lowest BCUT2D eigenvalue weighted by Gasteiger charge is -2.23. The van der Waals surface area contributed by atoms with Crippen LogP contribution >= 0.6 is 11.6 Å². The van der Waals surface area contributed by atoms with Gasteiger partial charge in [0, 0.05) is 11.8 Å². The summed E-state index contributed by atoms with van der Waals surface area (Å²) in [6.07, 6.45) is -17.2. The molecule has 0 radical (unpaired) electrons. The zero-order valence-corrected chi connectivity index (χ0v) is 17.0. The van der Waals surface area contributed by atoms with Gasteiger partial charge in [0.05, 0.1) is 29.3 Å². The van der Waals surface area contributed by atoms with Crippen LogP contribution in [0.1, 0.15) is 40.8 Å².